The molecule has 8 heteroatoms. The van der Waals surface area contributed by atoms with Crippen molar-refractivity contribution in [2.45, 2.75) is 6.92 Å². The molecule has 0 saturated heterocycles. The van der Waals surface area contributed by atoms with Crippen LogP contribution in [0.15, 0.2) is 82.6 Å². The van der Waals surface area contributed by atoms with Crippen molar-refractivity contribution < 1.29 is 14.3 Å². The quantitative estimate of drug-likeness (QED) is 0.458. The fourth-order valence-electron chi connectivity index (χ4n) is 3.77. The van der Waals surface area contributed by atoms with Crippen molar-refractivity contribution in [2.75, 3.05) is 12.1 Å². The van der Waals surface area contributed by atoms with Gasteiger partial charge in [0, 0.05) is 18.8 Å². The van der Waals surface area contributed by atoms with E-state index in [0.717, 1.165) is 11.3 Å². The number of carbonyl (C=O) groups is 1. The number of rotatable bonds is 5. The van der Waals surface area contributed by atoms with Crippen LogP contribution in [0.25, 0.3) is 5.69 Å². The number of amides is 1. The van der Waals surface area contributed by atoms with Crippen LogP contribution in [0.2, 0.25) is 0 Å². The van der Waals surface area contributed by atoms with Crippen molar-refractivity contribution in [3.63, 3.8) is 0 Å². The maximum Gasteiger partial charge on any atom is 0.295 e. The van der Waals surface area contributed by atoms with Crippen molar-refractivity contribution in [3.05, 3.63) is 100.0 Å². The first-order chi connectivity index (χ1) is 16.5. The lowest BCUT2D eigenvalue weighted by atomic mass is 10.2. The van der Waals surface area contributed by atoms with Gasteiger partial charge < -0.3 is 14.8 Å². The Balaban J connectivity index is 1.37. The molecule has 170 valence electrons. The first-order valence-electron chi connectivity index (χ1n) is 10.7. The molecule has 1 amide bonds. The predicted molar refractivity (Wildman–Crippen MR) is 130 cm³/mol. The van der Waals surface area contributed by atoms with Crippen LogP contribution in [0.4, 0.5) is 11.4 Å². The summed E-state index contributed by atoms with van der Waals surface area (Å²) in [4.78, 5) is 30.5. The van der Waals surface area contributed by atoms with Crippen LogP contribution in [0.5, 0.6) is 11.5 Å². The van der Waals surface area contributed by atoms with E-state index in [0.29, 0.717) is 28.4 Å². The Morgan fingerprint density at radius 3 is 2.62 bits per heavy atom. The predicted octanol–water partition coefficient (Wildman–Crippen LogP) is 4.22. The largest absolute Gasteiger partial charge is 0.454 e. The standard InChI is InChI=1S/C26H22N4O4/c1-17-24(26(32)30(29(17)2)21-9-4-3-5-10-21)28-25(31)19-7-6-8-20(14-19)27-15-18-11-12-22-23(13-18)34-16-33-22/h3-15H,16H2,1-2H3,(H,28,31). The number of hydrogen-bond acceptors (Lipinski definition) is 5. The molecule has 4 aromatic rings. The van der Waals surface area contributed by atoms with Crippen LogP contribution in [-0.4, -0.2) is 28.3 Å². The van der Waals surface area contributed by atoms with Gasteiger partial charge in [0.15, 0.2) is 11.5 Å². The van der Waals surface area contributed by atoms with Crippen molar-refractivity contribution in [1.82, 2.24) is 9.36 Å². The molecule has 1 aliphatic heterocycles. The smallest absolute Gasteiger partial charge is 0.295 e. The van der Waals surface area contributed by atoms with E-state index in [-0.39, 0.29) is 23.9 Å². The molecule has 5 rings (SSSR count). The van der Waals surface area contributed by atoms with E-state index in [2.05, 4.69) is 10.3 Å². The highest BCUT2D eigenvalue weighted by atomic mass is 16.7. The molecule has 0 spiro atoms. The lowest BCUT2D eigenvalue weighted by Crippen LogP contribution is -2.22. The Bertz CT molecular complexity index is 1470. The molecule has 0 radical (unpaired) electrons. The van der Waals surface area contributed by atoms with Gasteiger partial charge in [-0.1, -0.05) is 24.3 Å². The lowest BCUT2D eigenvalue weighted by molar-refractivity contribution is 0.102. The number of aromatic nitrogens is 2. The molecule has 34 heavy (non-hydrogen) atoms. The summed E-state index contributed by atoms with van der Waals surface area (Å²) >= 11 is 0. The van der Waals surface area contributed by atoms with Gasteiger partial charge in [-0.05, 0) is 61.0 Å². The first-order valence-corrected chi connectivity index (χ1v) is 10.7. The van der Waals surface area contributed by atoms with Gasteiger partial charge in [0.2, 0.25) is 6.79 Å². The van der Waals surface area contributed by atoms with Gasteiger partial charge in [-0.3, -0.25) is 19.3 Å². The molecule has 0 saturated carbocycles. The summed E-state index contributed by atoms with van der Waals surface area (Å²) in [5, 5.41) is 2.78. The number of carbonyl (C=O) groups excluding carboxylic acids is 1. The monoisotopic (exact) mass is 454 g/mol. The molecular weight excluding hydrogens is 432 g/mol. The Morgan fingerprint density at radius 1 is 1.00 bits per heavy atom. The van der Waals surface area contributed by atoms with Crippen molar-refractivity contribution >= 4 is 23.5 Å². The zero-order chi connectivity index (χ0) is 23.7. The Hall–Kier alpha value is -4.59. The van der Waals surface area contributed by atoms with Crippen LogP contribution in [0.1, 0.15) is 21.6 Å². The van der Waals surface area contributed by atoms with Gasteiger partial charge in [0.05, 0.1) is 17.1 Å². The number of para-hydroxylation sites is 1. The molecule has 0 aliphatic carbocycles. The minimum absolute atomic E-state index is 0.213. The fraction of sp³-hybridized carbons (Fsp3) is 0.115. The van der Waals surface area contributed by atoms with Crippen molar-refractivity contribution in [1.29, 1.82) is 0 Å². The van der Waals surface area contributed by atoms with E-state index in [1.807, 2.05) is 48.5 Å². The van der Waals surface area contributed by atoms with Crippen LogP contribution < -0.4 is 20.3 Å². The van der Waals surface area contributed by atoms with Crippen LogP contribution in [0, 0.1) is 6.92 Å². The number of benzene rings is 3. The molecule has 2 heterocycles. The van der Waals surface area contributed by atoms with Gasteiger partial charge in [-0.25, -0.2) is 4.68 Å². The topological polar surface area (TPSA) is 86.9 Å². The molecule has 0 atom stereocenters. The summed E-state index contributed by atoms with van der Waals surface area (Å²) in [6, 6.07) is 21.8. The average molecular weight is 454 g/mol. The summed E-state index contributed by atoms with van der Waals surface area (Å²) in [5.41, 5.74) is 3.17. The van der Waals surface area contributed by atoms with E-state index < -0.39 is 0 Å². The second-order valence-corrected chi connectivity index (χ2v) is 7.81. The normalized spacial score (nSPS) is 12.3. The lowest BCUT2D eigenvalue weighted by Gasteiger charge is -2.07. The Labute approximate surface area is 195 Å². The van der Waals surface area contributed by atoms with E-state index >= 15 is 0 Å². The van der Waals surface area contributed by atoms with E-state index in [1.54, 1.807) is 49.1 Å². The Morgan fingerprint density at radius 2 is 1.79 bits per heavy atom. The highest BCUT2D eigenvalue weighted by Crippen LogP contribution is 2.32. The van der Waals surface area contributed by atoms with E-state index in [9.17, 15) is 9.59 Å². The zero-order valence-electron chi connectivity index (χ0n) is 18.7. The number of nitrogens with one attached hydrogen (secondary N) is 1. The minimum atomic E-state index is -0.383. The van der Waals surface area contributed by atoms with Gasteiger partial charge in [-0.2, -0.15) is 0 Å². The average Bonchev–Trinajstić information content (AvgIpc) is 3.41. The number of ether oxygens (including phenoxy) is 2. The maximum absolute atomic E-state index is 13.1. The second kappa shape index (κ2) is 8.74. The third kappa shape index (κ3) is 3.97. The maximum atomic E-state index is 13.1. The fourth-order valence-corrected chi connectivity index (χ4v) is 3.77. The Kier molecular flexibility index (Phi) is 5.47. The third-order valence-corrected chi connectivity index (χ3v) is 5.66. The second-order valence-electron chi connectivity index (χ2n) is 7.81. The molecule has 1 N–H and O–H groups in total. The number of aliphatic imine (C=N–C) groups is 1. The number of fused-ring (bicyclic) bond motifs is 1. The van der Waals surface area contributed by atoms with E-state index in [1.165, 1.54) is 4.68 Å². The van der Waals surface area contributed by atoms with Crippen LogP contribution >= 0.6 is 0 Å². The van der Waals surface area contributed by atoms with E-state index in [4.69, 9.17) is 9.47 Å². The zero-order valence-corrected chi connectivity index (χ0v) is 18.7. The minimum Gasteiger partial charge on any atom is -0.454 e. The number of nitrogens with zero attached hydrogens (tertiary/aromatic N) is 3. The molecule has 3 aromatic carbocycles. The summed E-state index contributed by atoms with van der Waals surface area (Å²) in [6.45, 7) is 2.01. The molecule has 0 fully saturated rings. The third-order valence-electron chi connectivity index (χ3n) is 5.66. The number of hydrogen-bond donors (Lipinski definition) is 1. The van der Waals surface area contributed by atoms with Crippen molar-refractivity contribution in [3.8, 4) is 17.2 Å². The summed E-state index contributed by atoms with van der Waals surface area (Å²) in [6.07, 6.45) is 1.69. The highest BCUT2D eigenvalue weighted by Gasteiger charge is 2.19. The van der Waals surface area contributed by atoms with Crippen LogP contribution in [-0.2, 0) is 7.05 Å². The SMILES string of the molecule is Cc1c(NC(=O)c2cccc(N=Cc3ccc4c(c3)OCO4)c2)c(=O)n(-c2ccccc2)n1C. The summed E-state index contributed by atoms with van der Waals surface area (Å²) in [5.74, 6) is 1.00. The summed E-state index contributed by atoms with van der Waals surface area (Å²) in [7, 11) is 1.78. The van der Waals surface area contributed by atoms with Crippen LogP contribution in [0.3, 0.4) is 0 Å². The molecule has 0 bridgehead atoms. The number of anilines is 1. The van der Waals surface area contributed by atoms with Gasteiger partial charge in [-0.15, -0.1) is 0 Å². The summed E-state index contributed by atoms with van der Waals surface area (Å²) < 4.78 is 14.0. The molecule has 1 aliphatic rings. The highest BCUT2D eigenvalue weighted by molar-refractivity contribution is 6.05. The molecule has 0 unspecified atom stereocenters. The van der Waals surface area contributed by atoms with Crippen molar-refractivity contribution in [2.24, 2.45) is 12.0 Å². The molecule has 8 nitrogen and oxygen atoms in total. The van der Waals surface area contributed by atoms with Gasteiger partial charge in [0.1, 0.15) is 5.69 Å². The van der Waals surface area contributed by atoms with Gasteiger partial charge in [0.25, 0.3) is 11.5 Å². The van der Waals surface area contributed by atoms with Gasteiger partial charge >= 0.3 is 0 Å². The first kappa shape index (κ1) is 21.3. The molecule has 1 aromatic heterocycles. The molecular formula is C26H22N4O4.